The lowest BCUT2D eigenvalue weighted by Crippen LogP contribution is -2.30. The van der Waals surface area contributed by atoms with Crippen LogP contribution in [-0.2, 0) is 6.54 Å². The third-order valence-corrected chi connectivity index (χ3v) is 5.75. The van der Waals surface area contributed by atoms with E-state index in [2.05, 4.69) is 0 Å². The molecule has 0 bridgehead atoms. The molecule has 0 unspecified atom stereocenters. The van der Waals surface area contributed by atoms with Crippen LogP contribution in [0.3, 0.4) is 0 Å². The fraction of sp³-hybridized carbons (Fsp3) is 0.261. The van der Waals surface area contributed by atoms with Crippen molar-refractivity contribution >= 4 is 22.9 Å². The Morgan fingerprint density at radius 3 is 2.29 bits per heavy atom. The van der Waals surface area contributed by atoms with Gasteiger partial charge in [0.15, 0.2) is 23.0 Å². The summed E-state index contributed by atoms with van der Waals surface area (Å²) in [6.45, 7) is 1.39. The van der Waals surface area contributed by atoms with Crippen molar-refractivity contribution in [2.24, 2.45) is 0 Å². The van der Waals surface area contributed by atoms with Gasteiger partial charge in [0.2, 0.25) is 5.75 Å². The first-order valence-electron chi connectivity index (χ1n) is 9.68. The lowest BCUT2D eigenvalue weighted by atomic mass is 10.1. The number of methoxy groups -OCH3 is 3. The Bertz CT molecular complexity index is 1040. The van der Waals surface area contributed by atoms with Crippen LogP contribution < -0.4 is 28.6 Å². The van der Waals surface area contributed by atoms with E-state index in [4.69, 9.17) is 23.7 Å². The third-order valence-electron chi connectivity index (χ3n) is 4.89. The summed E-state index contributed by atoms with van der Waals surface area (Å²) >= 11 is 1.59. The quantitative estimate of drug-likeness (QED) is 0.542. The number of hydrogen-bond donors (Lipinski definition) is 0. The van der Waals surface area contributed by atoms with Crippen LogP contribution in [0.25, 0.3) is 0 Å². The number of benzene rings is 2. The molecule has 3 aromatic rings. The van der Waals surface area contributed by atoms with Crippen LogP contribution in [0.4, 0.5) is 5.69 Å². The van der Waals surface area contributed by atoms with Gasteiger partial charge in [0, 0.05) is 22.2 Å². The van der Waals surface area contributed by atoms with Gasteiger partial charge in [-0.3, -0.25) is 4.79 Å². The van der Waals surface area contributed by atoms with E-state index < -0.39 is 0 Å². The fourth-order valence-electron chi connectivity index (χ4n) is 3.40. The van der Waals surface area contributed by atoms with E-state index in [0.717, 1.165) is 4.88 Å². The van der Waals surface area contributed by atoms with Crippen molar-refractivity contribution < 1.29 is 28.5 Å². The Morgan fingerprint density at radius 2 is 1.68 bits per heavy atom. The minimum atomic E-state index is -0.204. The molecule has 8 heteroatoms. The molecule has 0 atom stereocenters. The van der Waals surface area contributed by atoms with Crippen LogP contribution in [0.2, 0.25) is 0 Å². The van der Waals surface area contributed by atoms with Crippen LogP contribution >= 0.6 is 11.3 Å². The van der Waals surface area contributed by atoms with Crippen LogP contribution in [0, 0.1) is 0 Å². The van der Waals surface area contributed by atoms with Gasteiger partial charge in [0.05, 0.1) is 27.9 Å². The Kier molecular flexibility index (Phi) is 6.18. The maximum absolute atomic E-state index is 13.7. The summed E-state index contributed by atoms with van der Waals surface area (Å²) in [5.74, 6) is 2.37. The summed E-state index contributed by atoms with van der Waals surface area (Å²) in [5, 5.41) is 1.99. The maximum Gasteiger partial charge on any atom is 0.258 e. The molecule has 0 saturated heterocycles. The van der Waals surface area contributed by atoms with Crippen molar-refractivity contribution in [2.45, 2.75) is 6.54 Å². The Balaban J connectivity index is 1.76. The number of nitrogens with zero attached hydrogens (tertiary/aromatic N) is 1. The summed E-state index contributed by atoms with van der Waals surface area (Å²) < 4.78 is 27.6. The second-order valence-electron chi connectivity index (χ2n) is 6.71. The predicted molar refractivity (Wildman–Crippen MR) is 118 cm³/mol. The first-order valence-corrected chi connectivity index (χ1v) is 10.6. The van der Waals surface area contributed by atoms with Gasteiger partial charge in [-0.1, -0.05) is 6.07 Å². The first-order chi connectivity index (χ1) is 15.1. The van der Waals surface area contributed by atoms with Crippen molar-refractivity contribution in [3.63, 3.8) is 0 Å². The molecule has 0 aliphatic carbocycles. The summed E-state index contributed by atoms with van der Waals surface area (Å²) in [7, 11) is 4.58. The molecule has 1 amide bonds. The molecular weight excluding hydrogens is 418 g/mol. The molecule has 162 valence electrons. The van der Waals surface area contributed by atoms with Gasteiger partial charge in [0.1, 0.15) is 13.2 Å². The average Bonchev–Trinajstić information content (AvgIpc) is 3.34. The molecular formula is C23H23NO6S. The van der Waals surface area contributed by atoms with Gasteiger partial charge in [0.25, 0.3) is 5.91 Å². The van der Waals surface area contributed by atoms with Gasteiger partial charge in [-0.15, -0.1) is 11.3 Å². The molecule has 31 heavy (non-hydrogen) atoms. The lowest BCUT2D eigenvalue weighted by molar-refractivity contribution is 0.0984. The number of thiophene rings is 1. The molecule has 7 nitrogen and oxygen atoms in total. The molecule has 2 aromatic carbocycles. The molecule has 0 radical (unpaired) electrons. The Hall–Kier alpha value is -3.39. The van der Waals surface area contributed by atoms with Crippen molar-refractivity contribution in [3.05, 3.63) is 58.3 Å². The van der Waals surface area contributed by atoms with E-state index in [1.807, 2.05) is 35.7 Å². The minimum absolute atomic E-state index is 0.204. The topological polar surface area (TPSA) is 66.5 Å². The summed E-state index contributed by atoms with van der Waals surface area (Å²) in [6, 6.07) is 12.8. The number of amides is 1. The van der Waals surface area contributed by atoms with Gasteiger partial charge < -0.3 is 28.6 Å². The highest BCUT2D eigenvalue weighted by atomic mass is 32.1. The van der Waals surface area contributed by atoms with Gasteiger partial charge in [-0.05, 0) is 35.7 Å². The number of hydrogen-bond acceptors (Lipinski definition) is 7. The fourth-order valence-corrected chi connectivity index (χ4v) is 4.09. The maximum atomic E-state index is 13.7. The number of fused-ring (bicyclic) bond motifs is 1. The second-order valence-corrected chi connectivity index (χ2v) is 7.74. The summed E-state index contributed by atoms with van der Waals surface area (Å²) in [5.41, 5.74) is 1.12. The van der Waals surface area contributed by atoms with E-state index in [0.29, 0.717) is 59.8 Å². The number of carbonyl (C=O) groups excluding carboxylic acids is 1. The monoisotopic (exact) mass is 441 g/mol. The smallest absolute Gasteiger partial charge is 0.258 e. The predicted octanol–water partition coefficient (Wildman–Crippen LogP) is 4.39. The molecule has 4 rings (SSSR count). The van der Waals surface area contributed by atoms with Crippen molar-refractivity contribution in [3.8, 4) is 28.7 Å². The zero-order chi connectivity index (χ0) is 21.8. The highest BCUT2D eigenvalue weighted by Gasteiger charge is 2.24. The van der Waals surface area contributed by atoms with E-state index in [-0.39, 0.29) is 5.91 Å². The van der Waals surface area contributed by atoms with Gasteiger partial charge in [-0.2, -0.15) is 0 Å². The number of carbonyl (C=O) groups is 1. The molecule has 0 saturated carbocycles. The van der Waals surface area contributed by atoms with Crippen LogP contribution in [-0.4, -0.2) is 40.5 Å². The first kappa shape index (κ1) is 20.9. The Labute approximate surface area is 184 Å². The number of rotatable bonds is 7. The second kappa shape index (κ2) is 9.18. The minimum Gasteiger partial charge on any atom is -0.493 e. The van der Waals surface area contributed by atoms with E-state index >= 15 is 0 Å². The summed E-state index contributed by atoms with van der Waals surface area (Å²) in [4.78, 5) is 16.4. The average molecular weight is 442 g/mol. The molecule has 0 N–H and O–H groups in total. The zero-order valence-electron chi connectivity index (χ0n) is 17.5. The number of anilines is 1. The van der Waals surface area contributed by atoms with E-state index in [1.165, 1.54) is 21.3 Å². The lowest BCUT2D eigenvalue weighted by Gasteiger charge is -2.26. The van der Waals surface area contributed by atoms with Crippen molar-refractivity contribution in [2.75, 3.05) is 39.4 Å². The van der Waals surface area contributed by atoms with Gasteiger partial charge >= 0.3 is 0 Å². The molecule has 1 aliphatic rings. The van der Waals surface area contributed by atoms with Crippen LogP contribution in [0.15, 0.2) is 47.8 Å². The third kappa shape index (κ3) is 4.25. The standard InChI is InChI=1S/C23H23NO6S/c1-26-20-11-15(12-21(27-2)22(20)28-3)23(25)24(14-17-5-4-10-31-17)16-6-7-18-19(13-16)30-9-8-29-18/h4-7,10-13H,8-9,14H2,1-3H3. The van der Waals surface area contributed by atoms with Crippen LogP contribution in [0.5, 0.6) is 28.7 Å². The normalized spacial score (nSPS) is 12.2. The van der Waals surface area contributed by atoms with Gasteiger partial charge in [-0.25, -0.2) is 0 Å². The molecule has 1 aromatic heterocycles. The van der Waals surface area contributed by atoms with E-state index in [1.54, 1.807) is 28.4 Å². The highest BCUT2D eigenvalue weighted by molar-refractivity contribution is 7.09. The molecule has 0 spiro atoms. The molecule has 1 aliphatic heterocycles. The highest BCUT2D eigenvalue weighted by Crippen LogP contribution is 2.40. The Morgan fingerprint density at radius 1 is 0.968 bits per heavy atom. The zero-order valence-corrected chi connectivity index (χ0v) is 18.4. The summed E-state index contributed by atoms with van der Waals surface area (Å²) in [6.07, 6.45) is 0. The molecule has 0 fully saturated rings. The van der Waals surface area contributed by atoms with Crippen LogP contribution in [0.1, 0.15) is 15.2 Å². The van der Waals surface area contributed by atoms with E-state index in [9.17, 15) is 4.79 Å². The SMILES string of the molecule is COc1cc(C(=O)N(Cc2cccs2)c2ccc3c(c2)OCCO3)cc(OC)c1OC. The molecule has 2 heterocycles. The van der Waals surface area contributed by atoms with Crippen molar-refractivity contribution in [1.82, 2.24) is 0 Å². The number of ether oxygens (including phenoxy) is 5. The van der Waals surface area contributed by atoms with Crippen molar-refractivity contribution in [1.29, 1.82) is 0 Å². The largest absolute Gasteiger partial charge is 0.493 e.